The lowest BCUT2D eigenvalue weighted by Crippen LogP contribution is -2.42. The fourth-order valence-electron chi connectivity index (χ4n) is 3.33. The Morgan fingerprint density at radius 1 is 1.40 bits per heavy atom. The average molecular weight is 274 g/mol. The molecule has 2 unspecified atom stereocenters. The van der Waals surface area contributed by atoms with E-state index in [1.54, 1.807) is 12.3 Å². The van der Waals surface area contributed by atoms with Crippen LogP contribution in [0.4, 0.5) is 5.69 Å². The van der Waals surface area contributed by atoms with E-state index in [4.69, 9.17) is 0 Å². The van der Waals surface area contributed by atoms with Gasteiger partial charge in [0.2, 0.25) is 0 Å². The van der Waals surface area contributed by atoms with Crippen LogP contribution in [-0.2, 0) is 0 Å². The smallest absolute Gasteiger partial charge is 0.270 e. The highest BCUT2D eigenvalue weighted by atomic mass is 16.2. The average Bonchev–Trinajstić information content (AvgIpc) is 3.05. The van der Waals surface area contributed by atoms with E-state index in [1.165, 1.54) is 19.4 Å². The van der Waals surface area contributed by atoms with Crippen molar-refractivity contribution >= 4 is 11.6 Å². The number of hydrogen-bond donors (Lipinski definition) is 2. The Morgan fingerprint density at radius 3 is 3.05 bits per heavy atom. The third-order valence-corrected chi connectivity index (χ3v) is 4.30. The summed E-state index contributed by atoms with van der Waals surface area (Å²) in [4.78, 5) is 19.0. The first-order valence-corrected chi connectivity index (χ1v) is 7.53. The number of rotatable bonds is 4. The van der Waals surface area contributed by atoms with Gasteiger partial charge in [-0.3, -0.25) is 9.69 Å². The van der Waals surface area contributed by atoms with Gasteiger partial charge in [-0.25, -0.2) is 4.98 Å². The monoisotopic (exact) mass is 274 g/mol. The maximum absolute atomic E-state index is 12.2. The number of nitrogens with one attached hydrogen (secondary N) is 2. The highest BCUT2D eigenvalue weighted by Crippen LogP contribution is 2.28. The standard InChI is InChI=1S/C15H22N4O/c1-2-16-11-5-6-13(17-10-11)15(20)18-12-7-9-19-8-3-4-14(12)19/h5-6,10,12,14,16H,2-4,7-9H2,1H3,(H,18,20). The Labute approximate surface area is 119 Å². The molecular weight excluding hydrogens is 252 g/mol. The lowest BCUT2D eigenvalue weighted by Gasteiger charge is -2.21. The molecule has 1 amide bonds. The van der Waals surface area contributed by atoms with Gasteiger partial charge in [0.25, 0.3) is 5.91 Å². The van der Waals surface area contributed by atoms with Gasteiger partial charge in [-0.1, -0.05) is 0 Å². The van der Waals surface area contributed by atoms with Gasteiger partial charge in [0.1, 0.15) is 5.69 Å². The van der Waals surface area contributed by atoms with Crippen molar-refractivity contribution in [1.29, 1.82) is 0 Å². The Balaban J connectivity index is 1.61. The van der Waals surface area contributed by atoms with Crippen LogP contribution in [0, 0.1) is 0 Å². The minimum atomic E-state index is -0.0493. The maximum Gasteiger partial charge on any atom is 0.270 e. The van der Waals surface area contributed by atoms with Crippen LogP contribution in [0.1, 0.15) is 36.7 Å². The summed E-state index contributed by atoms with van der Waals surface area (Å²) in [6, 6.07) is 4.52. The quantitative estimate of drug-likeness (QED) is 0.873. The maximum atomic E-state index is 12.2. The molecule has 0 saturated carbocycles. The number of pyridine rings is 1. The lowest BCUT2D eigenvalue weighted by molar-refractivity contribution is 0.0924. The minimum absolute atomic E-state index is 0.0493. The van der Waals surface area contributed by atoms with E-state index in [-0.39, 0.29) is 5.91 Å². The largest absolute Gasteiger partial charge is 0.384 e. The van der Waals surface area contributed by atoms with Crippen LogP contribution in [0.2, 0.25) is 0 Å². The number of anilines is 1. The Kier molecular flexibility index (Phi) is 3.87. The van der Waals surface area contributed by atoms with Crippen molar-refractivity contribution in [3.05, 3.63) is 24.0 Å². The summed E-state index contributed by atoms with van der Waals surface area (Å²) in [5, 5.41) is 6.33. The zero-order valence-corrected chi connectivity index (χ0v) is 11.9. The van der Waals surface area contributed by atoms with E-state index in [1.807, 2.05) is 13.0 Å². The minimum Gasteiger partial charge on any atom is -0.384 e. The van der Waals surface area contributed by atoms with Crippen molar-refractivity contribution in [3.63, 3.8) is 0 Å². The Hall–Kier alpha value is -1.62. The summed E-state index contributed by atoms with van der Waals surface area (Å²) in [7, 11) is 0. The topological polar surface area (TPSA) is 57.3 Å². The van der Waals surface area contributed by atoms with E-state index >= 15 is 0 Å². The van der Waals surface area contributed by atoms with Gasteiger partial charge in [-0.15, -0.1) is 0 Å². The third kappa shape index (κ3) is 2.63. The van der Waals surface area contributed by atoms with Crippen LogP contribution in [0.3, 0.4) is 0 Å². The van der Waals surface area contributed by atoms with Gasteiger partial charge in [-0.2, -0.15) is 0 Å². The highest BCUT2D eigenvalue weighted by Gasteiger charge is 2.37. The predicted octanol–water partition coefficient (Wildman–Crippen LogP) is 1.48. The molecule has 2 aliphatic heterocycles. The fraction of sp³-hybridized carbons (Fsp3) is 0.600. The second kappa shape index (κ2) is 5.79. The van der Waals surface area contributed by atoms with Crippen molar-refractivity contribution < 1.29 is 4.79 Å². The molecule has 1 aromatic rings. The van der Waals surface area contributed by atoms with E-state index < -0.39 is 0 Å². The van der Waals surface area contributed by atoms with Gasteiger partial charge >= 0.3 is 0 Å². The second-order valence-electron chi connectivity index (χ2n) is 5.58. The summed E-state index contributed by atoms with van der Waals surface area (Å²) >= 11 is 0. The van der Waals surface area contributed by atoms with E-state index in [0.717, 1.165) is 25.2 Å². The Morgan fingerprint density at radius 2 is 2.30 bits per heavy atom. The molecule has 2 fully saturated rings. The third-order valence-electron chi connectivity index (χ3n) is 4.30. The molecule has 0 bridgehead atoms. The number of carbonyl (C=O) groups excluding carboxylic acids is 1. The van der Waals surface area contributed by atoms with Crippen LogP contribution in [0.5, 0.6) is 0 Å². The van der Waals surface area contributed by atoms with Crippen LogP contribution in [0.15, 0.2) is 18.3 Å². The first kappa shape index (κ1) is 13.4. The number of amides is 1. The molecule has 0 radical (unpaired) electrons. The Bertz CT molecular complexity index is 473. The van der Waals surface area contributed by atoms with Crippen LogP contribution in [0.25, 0.3) is 0 Å². The first-order chi connectivity index (χ1) is 9.78. The molecule has 0 spiro atoms. The van der Waals surface area contributed by atoms with Crippen molar-refractivity contribution in [2.24, 2.45) is 0 Å². The van der Waals surface area contributed by atoms with Gasteiger partial charge < -0.3 is 10.6 Å². The molecule has 5 nitrogen and oxygen atoms in total. The number of carbonyl (C=O) groups is 1. The molecule has 5 heteroatoms. The van der Waals surface area contributed by atoms with Gasteiger partial charge in [-0.05, 0) is 44.9 Å². The highest BCUT2D eigenvalue weighted by molar-refractivity contribution is 5.92. The van der Waals surface area contributed by atoms with Crippen molar-refractivity contribution in [2.45, 2.75) is 38.3 Å². The first-order valence-electron chi connectivity index (χ1n) is 7.53. The number of aromatic nitrogens is 1. The molecular formula is C15H22N4O. The SMILES string of the molecule is CCNc1ccc(C(=O)NC2CCN3CCCC23)nc1. The summed E-state index contributed by atoms with van der Waals surface area (Å²) in [5.41, 5.74) is 1.45. The van der Waals surface area contributed by atoms with Crippen molar-refractivity contribution in [3.8, 4) is 0 Å². The molecule has 2 saturated heterocycles. The summed E-state index contributed by atoms with van der Waals surface area (Å²) in [6.45, 7) is 5.19. The van der Waals surface area contributed by atoms with Crippen molar-refractivity contribution in [1.82, 2.24) is 15.2 Å². The molecule has 0 aliphatic carbocycles. The van der Waals surface area contributed by atoms with E-state index in [2.05, 4.69) is 20.5 Å². The van der Waals surface area contributed by atoms with Crippen LogP contribution in [-0.4, -0.2) is 47.5 Å². The number of fused-ring (bicyclic) bond motifs is 1. The molecule has 20 heavy (non-hydrogen) atoms. The van der Waals surface area contributed by atoms with Crippen LogP contribution >= 0.6 is 0 Å². The molecule has 2 N–H and O–H groups in total. The zero-order valence-electron chi connectivity index (χ0n) is 11.9. The molecule has 3 rings (SSSR count). The van der Waals surface area contributed by atoms with E-state index in [0.29, 0.717) is 17.8 Å². The molecule has 108 valence electrons. The summed E-state index contributed by atoms with van der Waals surface area (Å²) in [6.07, 6.45) is 5.24. The fourth-order valence-corrected chi connectivity index (χ4v) is 3.33. The molecule has 0 aromatic carbocycles. The molecule has 1 aromatic heterocycles. The summed E-state index contributed by atoms with van der Waals surface area (Å²) < 4.78 is 0. The van der Waals surface area contributed by atoms with Gasteiger partial charge in [0.15, 0.2) is 0 Å². The van der Waals surface area contributed by atoms with Crippen LogP contribution < -0.4 is 10.6 Å². The van der Waals surface area contributed by atoms with Crippen molar-refractivity contribution in [2.75, 3.05) is 25.0 Å². The zero-order chi connectivity index (χ0) is 13.9. The number of hydrogen-bond acceptors (Lipinski definition) is 4. The summed E-state index contributed by atoms with van der Waals surface area (Å²) in [5.74, 6) is -0.0493. The normalized spacial score (nSPS) is 25.4. The molecule has 2 aliphatic rings. The van der Waals surface area contributed by atoms with E-state index in [9.17, 15) is 4.79 Å². The predicted molar refractivity (Wildman–Crippen MR) is 78.9 cm³/mol. The number of nitrogens with zero attached hydrogens (tertiary/aromatic N) is 2. The van der Waals surface area contributed by atoms with Gasteiger partial charge in [0.05, 0.1) is 11.9 Å². The lowest BCUT2D eigenvalue weighted by atomic mass is 10.1. The molecule has 2 atom stereocenters. The molecule has 3 heterocycles. The second-order valence-corrected chi connectivity index (χ2v) is 5.58. The van der Waals surface area contributed by atoms with Gasteiger partial charge in [0, 0.05) is 25.2 Å².